The topological polar surface area (TPSA) is 53.1 Å². The lowest BCUT2D eigenvalue weighted by molar-refractivity contribution is -0.143. The van der Waals surface area contributed by atoms with E-state index in [4.69, 9.17) is 4.74 Å². The average molecular weight is 462 g/mol. The first-order valence-electron chi connectivity index (χ1n) is 12.5. The van der Waals surface area contributed by atoms with Crippen LogP contribution < -0.4 is 0 Å². The van der Waals surface area contributed by atoms with E-state index >= 15 is 0 Å². The van der Waals surface area contributed by atoms with Crippen LogP contribution in [0.3, 0.4) is 0 Å². The Morgan fingerprint density at radius 3 is 2.21 bits per heavy atom. The zero-order valence-electron chi connectivity index (χ0n) is 20.1. The molecule has 0 saturated carbocycles. The third-order valence-corrected chi connectivity index (χ3v) is 7.88. The van der Waals surface area contributed by atoms with E-state index in [1.54, 1.807) is 0 Å². The maximum absolute atomic E-state index is 13.6. The van der Waals surface area contributed by atoms with Gasteiger partial charge in [0.1, 0.15) is 0 Å². The van der Waals surface area contributed by atoms with Gasteiger partial charge in [-0.1, -0.05) is 67.6 Å². The number of ether oxygens (including phenoxy) is 1. The van der Waals surface area contributed by atoms with Crippen LogP contribution >= 0.6 is 0 Å². The summed E-state index contributed by atoms with van der Waals surface area (Å²) in [4.78, 5) is 32.3. The van der Waals surface area contributed by atoms with Crippen molar-refractivity contribution >= 4 is 12.0 Å². The number of carbonyl (C=O) groups is 2. The van der Waals surface area contributed by atoms with E-state index in [2.05, 4.69) is 48.2 Å². The van der Waals surface area contributed by atoms with Gasteiger partial charge < -0.3 is 14.5 Å². The maximum atomic E-state index is 13.6. The van der Waals surface area contributed by atoms with Gasteiger partial charge in [-0.3, -0.25) is 9.69 Å². The van der Waals surface area contributed by atoms with Crippen LogP contribution in [-0.2, 0) is 22.5 Å². The Bertz CT molecular complexity index is 1000. The molecule has 6 nitrogen and oxygen atoms in total. The molecular formula is C28H35N3O3. The van der Waals surface area contributed by atoms with Gasteiger partial charge in [0.15, 0.2) is 5.60 Å². The van der Waals surface area contributed by atoms with Crippen molar-refractivity contribution in [2.45, 2.75) is 44.8 Å². The number of rotatable bonds is 6. The van der Waals surface area contributed by atoms with Crippen molar-refractivity contribution in [2.24, 2.45) is 5.41 Å². The molecule has 3 aliphatic heterocycles. The largest absolute Gasteiger partial charge is 0.439 e. The molecule has 3 aliphatic rings. The number of likely N-dealkylation sites (tertiary alicyclic amines) is 2. The van der Waals surface area contributed by atoms with Gasteiger partial charge in [0, 0.05) is 31.5 Å². The summed E-state index contributed by atoms with van der Waals surface area (Å²) in [5.41, 5.74) is 1.65. The first-order chi connectivity index (χ1) is 16.4. The lowest BCUT2D eigenvalue weighted by atomic mass is 9.79. The molecule has 1 spiro atoms. The summed E-state index contributed by atoms with van der Waals surface area (Å²) in [6.45, 7) is 7.32. The summed E-state index contributed by atoms with van der Waals surface area (Å²) in [5.74, 6) is 0.225. The molecule has 0 N–H and O–H groups in total. The second-order valence-electron chi connectivity index (χ2n) is 10.5. The zero-order chi connectivity index (χ0) is 23.6. The molecule has 180 valence electrons. The van der Waals surface area contributed by atoms with Crippen LogP contribution in [0.15, 0.2) is 60.7 Å². The van der Waals surface area contributed by atoms with Crippen LogP contribution in [0, 0.1) is 5.41 Å². The Balaban J connectivity index is 1.14. The molecule has 0 aromatic heterocycles. The first kappa shape index (κ1) is 22.9. The molecule has 34 heavy (non-hydrogen) atoms. The predicted molar refractivity (Wildman–Crippen MR) is 131 cm³/mol. The van der Waals surface area contributed by atoms with Crippen LogP contribution in [0.4, 0.5) is 4.79 Å². The van der Waals surface area contributed by atoms with Gasteiger partial charge in [-0.25, -0.2) is 4.79 Å². The van der Waals surface area contributed by atoms with Gasteiger partial charge >= 0.3 is 6.09 Å². The highest BCUT2D eigenvalue weighted by atomic mass is 16.6. The third-order valence-electron chi connectivity index (χ3n) is 7.88. The molecule has 6 heteroatoms. The lowest BCUT2D eigenvalue weighted by Crippen LogP contribution is -2.49. The van der Waals surface area contributed by atoms with Crippen LogP contribution in [-0.4, -0.2) is 71.6 Å². The monoisotopic (exact) mass is 461 g/mol. The van der Waals surface area contributed by atoms with Gasteiger partial charge in [0.05, 0.1) is 13.1 Å². The fourth-order valence-electron chi connectivity index (χ4n) is 5.65. The maximum Gasteiger partial charge on any atom is 0.410 e. The van der Waals surface area contributed by atoms with E-state index in [1.165, 1.54) is 11.1 Å². The standard InChI is InChI=1S/C28H35N3O3/c1-27(13-17-29(18-14-27)20-24-10-6-3-7-11-24)25(32)30-19-15-28(21-30)22-31(26(33)34-28)16-12-23-8-4-2-5-9-23/h2-11H,12-22H2,1H3/t28-/m0/s1. The zero-order valence-corrected chi connectivity index (χ0v) is 20.1. The number of piperidine rings is 1. The van der Waals surface area contributed by atoms with Gasteiger partial charge in [-0.15, -0.1) is 0 Å². The van der Waals surface area contributed by atoms with Crippen molar-refractivity contribution < 1.29 is 14.3 Å². The number of amides is 2. The Hall–Kier alpha value is -2.86. The fraction of sp³-hybridized carbons (Fsp3) is 0.500. The summed E-state index contributed by atoms with van der Waals surface area (Å²) >= 11 is 0. The molecule has 3 fully saturated rings. The molecule has 2 aromatic carbocycles. The summed E-state index contributed by atoms with van der Waals surface area (Å²) in [7, 11) is 0. The van der Waals surface area contributed by atoms with Crippen LogP contribution in [0.2, 0.25) is 0 Å². The third kappa shape index (κ3) is 4.83. The molecule has 3 saturated heterocycles. The van der Waals surface area contributed by atoms with E-state index in [0.29, 0.717) is 26.2 Å². The summed E-state index contributed by atoms with van der Waals surface area (Å²) in [6, 6.07) is 20.7. The van der Waals surface area contributed by atoms with Crippen molar-refractivity contribution in [2.75, 3.05) is 39.3 Å². The molecule has 2 aromatic rings. The second-order valence-corrected chi connectivity index (χ2v) is 10.5. The fourth-order valence-corrected chi connectivity index (χ4v) is 5.65. The Morgan fingerprint density at radius 2 is 1.53 bits per heavy atom. The minimum atomic E-state index is -0.548. The second kappa shape index (κ2) is 9.41. The van der Waals surface area contributed by atoms with E-state index < -0.39 is 5.60 Å². The smallest absolute Gasteiger partial charge is 0.410 e. The quantitative estimate of drug-likeness (QED) is 0.654. The number of benzene rings is 2. The molecular weight excluding hydrogens is 426 g/mol. The normalized spacial score (nSPS) is 24.6. The van der Waals surface area contributed by atoms with Crippen molar-refractivity contribution in [3.63, 3.8) is 0 Å². The first-order valence-corrected chi connectivity index (χ1v) is 12.5. The lowest BCUT2D eigenvalue weighted by Gasteiger charge is -2.40. The molecule has 0 unspecified atom stereocenters. The molecule has 2 amide bonds. The number of nitrogens with zero attached hydrogens (tertiary/aromatic N) is 3. The molecule has 3 heterocycles. The molecule has 5 rings (SSSR count). The van der Waals surface area contributed by atoms with E-state index in [-0.39, 0.29) is 17.4 Å². The van der Waals surface area contributed by atoms with Crippen molar-refractivity contribution in [1.29, 1.82) is 0 Å². The minimum Gasteiger partial charge on any atom is -0.439 e. The highest BCUT2D eigenvalue weighted by Crippen LogP contribution is 2.38. The van der Waals surface area contributed by atoms with Crippen molar-refractivity contribution in [3.05, 3.63) is 71.8 Å². The predicted octanol–water partition coefficient (Wildman–Crippen LogP) is 3.95. The van der Waals surface area contributed by atoms with Crippen LogP contribution in [0.25, 0.3) is 0 Å². The SMILES string of the molecule is CC1(C(=O)N2CC[C@@]3(CN(CCc4ccccc4)C(=O)O3)C2)CCN(Cc2ccccc2)CC1. The van der Waals surface area contributed by atoms with E-state index in [9.17, 15) is 9.59 Å². The summed E-state index contributed by atoms with van der Waals surface area (Å²) in [6.07, 6.45) is 3.02. The number of carbonyl (C=O) groups excluding carboxylic acids is 2. The van der Waals surface area contributed by atoms with Gasteiger partial charge in [0.2, 0.25) is 5.91 Å². The van der Waals surface area contributed by atoms with Crippen molar-refractivity contribution in [1.82, 2.24) is 14.7 Å². The Kier molecular flexibility index (Phi) is 6.34. The number of hydrogen-bond acceptors (Lipinski definition) is 4. The number of hydrogen-bond donors (Lipinski definition) is 0. The van der Waals surface area contributed by atoms with Crippen LogP contribution in [0.1, 0.15) is 37.3 Å². The summed E-state index contributed by atoms with van der Waals surface area (Å²) in [5, 5.41) is 0. The molecule has 0 bridgehead atoms. The Labute approximate surface area is 202 Å². The highest BCUT2D eigenvalue weighted by molar-refractivity contribution is 5.83. The molecule has 0 radical (unpaired) electrons. The van der Waals surface area contributed by atoms with Gasteiger partial charge in [-0.05, 0) is 43.5 Å². The summed E-state index contributed by atoms with van der Waals surface area (Å²) < 4.78 is 5.88. The van der Waals surface area contributed by atoms with Gasteiger partial charge in [0.25, 0.3) is 0 Å². The average Bonchev–Trinajstić information content (AvgIpc) is 3.41. The minimum absolute atomic E-state index is 0.225. The van der Waals surface area contributed by atoms with Crippen LogP contribution in [0.5, 0.6) is 0 Å². The van der Waals surface area contributed by atoms with Crippen molar-refractivity contribution in [3.8, 4) is 0 Å². The Morgan fingerprint density at radius 1 is 0.882 bits per heavy atom. The van der Waals surface area contributed by atoms with E-state index in [1.807, 2.05) is 34.1 Å². The highest BCUT2D eigenvalue weighted by Gasteiger charge is 2.52. The van der Waals surface area contributed by atoms with E-state index in [0.717, 1.165) is 45.3 Å². The molecule has 0 aliphatic carbocycles. The molecule has 1 atom stereocenters. The van der Waals surface area contributed by atoms with Gasteiger partial charge in [-0.2, -0.15) is 0 Å².